The van der Waals surface area contributed by atoms with Crippen LogP contribution in [-0.4, -0.2) is 16.8 Å². The van der Waals surface area contributed by atoms with E-state index in [9.17, 15) is 24.8 Å². The Morgan fingerprint density at radius 1 is 0.833 bits per heavy atom. The lowest BCUT2D eigenvalue weighted by Crippen LogP contribution is -2.33. The first-order valence-corrected chi connectivity index (χ1v) is 13.7. The molecule has 0 saturated heterocycles. The van der Waals surface area contributed by atoms with Crippen LogP contribution in [0.4, 0.5) is 11.4 Å². The van der Waals surface area contributed by atoms with Crippen LogP contribution in [0.25, 0.3) is 32.9 Å². The fourth-order valence-electron chi connectivity index (χ4n) is 6.02. The summed E-state index contributed by atoms with van der Waals surface area (Å²) in [5.41, 5.74) is 7.48. The quantitative estimate of drug-likeness (QED) is 0.121. The number of rotatable bonds is 7. The van der Waals surface area contributed by atoms with Crippen LogP contribution in [0.5, 0.6) is 0 Å². The molecule has 0 unspecified atom stereocenters. The molecule has 1 N–H and O–H groups in total. The molecule has 1 heterocycles. The molecule has 4 aromatic carbocycles. The van der Waals surface area contributed by atoms with E-state index in [4.69, 9.17) is 0 Å². The summed E-state index contributed by atoms with van der Waals surface area (Å²) >= 11 is 0. The summed E-state index contributed by atoms with van der Waals surface area (Å²) in [6.07, 6.45) is 0.471. The molecule has 0 radical (unpaired) electrons. The molecule has 0 fully saturated rings. The van der Waals surface area contributed by atoms with Crippen molar-refractivity contribution in [2.24, 2.45) is 7.05 Å². The van der Waals surface area contributed by atoms with E-state index in [1.807, 2.05) is 67.9 Å². The average molecular weight is 562 g/mol. The summed E-state index contributed by atoms with van der Waals surface area (Å²) in [6, 6.07) is 19.8. The molecule has 1 aromatic heterocycles. The van der Waals surface area contributed by atoms with E-state index < -0.39 is 10.9 Å². The molecule has 5 aromatic rings. The number of non-ortho nitro benzene ring substituents is 1. The van der Waals surface area contributed by atoms with Crippen LogP contribution < -0.4 is 15.0 Å². The Morgan fingerprint density at radius 2 is 1.48 bits per heavy atom. The van der Waals surface area contributed by atoms with Gasteiger partial charge in [0.25, 0.3) is 5.69 Å². The average Bonchev–Trinajstić information content (AvgIpc) is 2.94. The molecule has 5 rings (SSSR count). The van der Waals surface area contributed by atoms with Gasteiger partial charge in [0, 0.05) is 41.9 Å². The highest BCUT2D eigenvalue weighted by Gasteiger charge is 2.26. The van der Waals surface area contributed by atoms with Gasteiger partial charge in [0.1, 0.15) is 7.05 Å². The predicted octanol–water partition coefficient (Wildman–Crippen LogP) is 5.56. The molecule has 0 aliphatic heterocycles. The maximum atomic E-state index is 13.2. The van der Waals surface area contributed by atoms with Gasteiger partial charge in [-0.2, -0.15) is 4.57 Å². The number of carboxylic acid groups (broad SMARTS) is 1. The third-order valence-electron chi connectivity index (χ3n) is 7.97. The number of nitrogens with one attached hydrogen (secondary N) is 1. The number of nitrogens with zero attached hydrogens (tertiary/aromatic N) is 2. The van der Waals surface area contributed by atoms with Gasteiger partial charge in [-0.3, -0.25) is 14.9 Å². The smallest absolute Gasteiger partial charge is 0.269 e. The van der Waals surface area contributed by atoms with E-state index in [1.165, 1.54) is 12.1 Å². The Bertz CT molecular complexity index is 1900. The van der Waals surface area contributed by atoms with Crippen molar-refractivity contribution in [3.05, 3.63) is 110 Å². The largest absolute Gasteiger partial charge is 0.545 e. The van der Waals surface area contributed by atoms with Gasteiger partial charge in [-0.1, -0.05) is 36.4 Å². The van der Waals surface area contributed by atoms with Crippen LogP contribution in [0.1, 0.15) is 44.6 Å². The summed E-state index contributed by atoms with van der Waals surface area (Å²) in [4.78, 5) is 37.1. The number of anilines is 1. The molecule has 212 valence electrons. The van der Waals surface area contributed by atoms with Crippen LogP contribution in [-0.2, 0) is 18.3 Å². The lowest BCUT2D eigenvalue weighted by molar-refractivity contribution is -0.617. The molecule has 42 heavy (non-hydrogen) atoms. The highest BCUT2D eigenvalue weighted by atomic mass is 16.6. The van der Waals surface area contributed by atoms with Crippen LogP contribution in [0.2, 0.25) is 0 Å². The van der Waals surface area contributed by atoms with Crippen LogP contribution in [0.15, 0.2) is 66.7 Å². The minimum atomic E-state index is -1.32. The first kappa shape index (κ1) is 28.4. The van der Waals surface area contributed by atoms with E-state index in [-0.39, 0.29) is 23.6 Å². The first-order chi connectivity index (χ1) is 20.0. The fraction of sp³-hybridized carbons (Fsp3) is 0.206. The van der Waals surface area contributed by atoms with Gasteiger partial charge in [-0.05, 0) is 79.1 Å². The van der Waals surface area contributed by atoms with Gasteiger partial charge in [0.05, 0.1) is 21.7 Å². The number of fused-ring (bicyclic) bond motifs is 2. The van der Waals surface area contributed by atoms with Crippen molar-refractivity contribution < 1.29 is 24.2 Å². The van der Waals surface area contributed by atoms with E-state index in [1.54, 1.807) is 26.0 Å². The number of aromatic nitrogens is 1. The number of para-hydroxylation sites is 2. The number of nitro groups is 1. The predicted molar refractivity (Wildman–Crippen MR) is 161 cm³/mol. The number of carbonyl (C=O) groups excluding carboxylic acids is 2. The number of pyridine rings is 1. The number of aromatic carboxylic acids is 1. The molecule has 8 heteroatoms. The second-order valence-corrected chi connectivity index (χ2v) is 10.8. The molecule has 0 spiro atoms. The van der Waals surface area contributed by atoms with Crippen molar-refractivity contribution >= 4 is 45.1 Å². The molecule has 0 bridgehead atoms. The second-order valence-electron chi connectivity index (χ2n) is 10.8. The highest BCUT2D eigenvalue weighted by Crippen LogP contribution is 2.40. The number of hydrogen-bond donors (Lipinski definition) is 1. The third kappa shape index (κ3) is 4.96. The topological polar surface area (TPSA) is 116 Å². The van der Waals surface area contributed by atoms with Crippen molar-refractivity contribution in [1.82, 2.24) is 0 Å². The number of aryl methyl sites for hydroxylation is 6. The van der Waals surface area contributed by atoms with Crippen LogP contribution in [0, 0.1) is 37.8 Å². The molecule has 0 aliphatic carbocycles. The van der Waals surface area contributed by atoms with Gasteiger partial charge in [-0.15, -0.1) is 0 Å². The van der Waals surface area contributed by atoms with Crippen molar-refractivity contribution in [3.63, 3.8) is 0 Å². The zero-order valence-corrected chi connectivity index (χ0v) is 24.2. The van der Waals surface area contributed by atoms with Gasteiger partial charge in [-0.25, -0.2) is 0 Å². The van der Waals surface area contributed by atoms with E-state index in [2.05, 4.69) is 5.32 Å². The van der Waals surface area contributed by atoms with E-state index in [0.29, 0.717) is 45.0 Å². The molecular formula is C34H31N3O5. The Kier molecular flexibility index (Phi) is 7.47. The fourth-order valence-corrected chi connectivity index (χ4v) is 6.02. The maximum Gasteiger partial charge on any atom is 0.269 e. The summed E-state index contributed by atoms with van der Waals surface area (Å²) in [5, 5.41) is 28.5. The zero-order valence-electron chi connectivity index (χ0n) is 24.2. The lowest BCUT2D eigenvalue weighted by Gasteiger charge is -2.20. The molecule has 1 amide bonds. The van der Waals surface area contributed by atoms with Crippen molar-refractivity contribution in [1.29, 1.82) is 0 Å². The van der Waals surface area contributed by atoms with E-state index in [0.717, 1.165) is 27.9 Å². The van der Waals surface area contributed by atoms with Crippen LogP contribution in [0.3, 0.4) is 0 Å². The summed E-state index contributed by atoms with van der Waals surface area (Å²) in [5.74, 6) is -1.49. The standard InChI is InChI=1S/C34H31N3O5/c1-19-9-8-10-20(2)33(19)35-28(38)16-14-23-13-15-27-32(30(23)29-21(3)17-24(37(41)42)18-22(29)4)31(34(39)40)25-11-6-7-12-26(25)36(27)5/h6-13,15,17-18H,14,16H2,1-5H3,(H-,35,38,39,40). The summed E-state index contributed by atoms with van der Waals surface area (Å²) < 4.78 is 1.94. The number of hydrogen-bond acceptors (Lipinski definition) is 5. The Morgan fingerprint density at radius 3 is 2.10 bits per heavy atom. The minimum absolute atomic E-state index is 0.0420. The maximum absolute atomic E-state index is 13.2. The Balaban J connectivity index is 1.75. The number of nitro benzene ring substituents is 1. The van der Waals surface area contributed by atoms with Crippen molar-refractivity contribution in [3.8, 4) is 11.1 Å². The highest BCUT2D eigenvalue weighted by molar-refractivity contribution is 6.16. The van der Waals surface area contributed by atoms with Gasteiger partial charge >= 0.3 is 0 Å². The molecule has 0 saturated carbocycles. The second kappa shape index (κ2) is 11.0. The Hall–Kier alpha value is -5.11. The van der Waals surface area contributed by atoms with Gasteiger partial charge in [0.2, 0.25) is 16.9 Å². The number of carbonyl (C=O) groups is 2. The molecule has 0 atom stereocenters. The van der Waals surface area contributed by atoms with Crippen molar-refractivity contribution in [2.75, 3.05) is 5.32 Å². The number of benzene rings is 4. The zero-order chi connectivity index (χ0) is 30.3. The Labute approximate surface area is 243 Å². The van der Waals surface area contributed by atoms with E-state index >= 15 is 0 Å². The number of amides is 1. The van der Waals surface area contributed by atoms with Gasteiger partial charge in [0.15, 0.2) is 0 Å². The molecular weight excluding hydrogens is 530 g/mol. The summed E-state index contributed by atoms with van der Waals surface area (Å²) in [7, 11) is 1.88. The first-order valence-electron chi connectivity index (χ1n) is 13.7. The monoisotopic (exact) mass is 561 g/mol. The lowest BCUT2D eigenvalue weighted by atomic mass is 9.85. The van der Waals surface area contributed by atoms with Crippen molar-refractivity contribution in [2.45, 2.75) is 40.5 Å². The van der Waals surface area contributed by atoms with Crippen LogP contribution >= 0.6 is 0 Å². The normalized spacial score (nSPS) is 11.2. The minimum Gasteiger partial charge on any atom is -0.545 e. The third-order valence-corrected chi connectivity index (χ3v) is 7.97. The number of carboxylic acids is 1. The SMILES string of the molecule is Cc1cccc(C)c1NC(=O)CCc1ccc2c(c1-c1c(C)cc([N+](=O)[O-])cc1C)c(C(=O)[O-])c1ccccc1[n+]2C. The molecule has 8 nitrogen and oxygen atoms in total. The molecule has 0 aliphatic rings. The van der Waals surface area contributed by atoms with Gasteiger partial charge < -0.3 is 15.2 Å². The summed E-state index contributed by atoms with van der Waals surface area (Å²) in [6.45, 7) is 7.45.